The molecule has 0 saturated carbocycles. The molecule has 0 spiro atoms. The Morgan fingerprint density at radius 1 is 0.407 bits per heavy atom. The van der Waals surface area contributed by atoms with E-state index in [9.17, 15) is 0 Å². The van der Waals surface area contributed by atoms with Gasteiger partial charge in [-0.2, -0.15) is 0 Å². The summed E-state index contributed by atoms with van der Waals surface area (Å²) in [6.45, 7) is 0. The van der Waals surface area contributed by atoms with Gasteiger partial charge in [0.15, 0.2) is 5.58 Å². The fourth-order valence-electron chi connectivity index (χ4n) is 9.87. The molecule has 0 N–H and O–H groups in total. The van der Waals surface area contributed by atoms with E-state index < -0.39 is 0 Å². The molecule has 0 aliphatic heterocycles. The van der Waals surface area contributed by atoms with Crippen LogP contribution in [0.4, 0.5) is 17.1 Å². The standard InChI is InChI=1S/C57H39NO/c1-2-12-37(13-3-1)38-22-27-45(28-23-38)58(46-29-24-40(25-30-46)53-36-43-17-7-8-18-47(43)50-20-10-11-21-51(50)53)56-49(44-34-41-15-4-5-16-42(41)35-44)31-32-52-55-48-19-9-6-14-39(48)26-33-54(55)59-57(52)56/h1-33,36,44H,34-35H2. The van der Waals surface area contributed by atoms with Gasteiger partial charge in [-0.05, 0) is 126 Å². The lowest BCUT2D eigenvalue weighted by Crippen LogP contribution is -2.14. The minimum atomic E-state index is 0.297. The van der Waals surface area contributed by atoms with E-state index in [0.29, 0.717) is 5.92 Å². The average Bonchev–Trinajstić information content (AvgIpc) is 3.92. The highest BCUT2D eigenvalue weighted by Gasteiger charge is 2.31. The highest BCUT2D eigenvalue weighted by molar-refractivity contribution is 6.21. The van der Waals surface area contributed by atoms with E-state index >= 15 is 0 Å². The second-order valence-electron chi connectivity index (χ2n) is 16.0. The quantitative estimate of drug-likeness (QED) is 0.157. The van der Waals surface area contributed by atoms with Crippen LogP contribution in [0, 0.1) is 0 Å². The number of nitrogens with zero attached hydrogens (tertiary/aromatic N) is 1. The molecule has 1 heterocycles. The molecule has 1 aromatic heterocycles. The number of fused-ring (bicyclic) bond motifs is 9. The van der Waals surface area contributed by atoms with Gasteiger partial charge in [-0.3, -0.25) is 0 Å². The van der Waals surface area contributed by atoms with E-state index in [0.717, 1.165) is 46.5 Å². The van der Waals surface area contributed by atoms with Crippen LogP contribution < -0.4 is 4.90 Å². The third-order valence-corrected chi connectivity index (χ3v) is 12.7. The van der Waals surface area contributed by atoms with Crippen LogP contribution in [-0.4, -0.2) is 0 Å². The maximum atomic E-state index is 7.13. The molecule has 278 valence electrons. The predicted octanol–water partition coefficient (Wildman–Crippen LogP) is 15.7. The molecule has 11 aromatic rings. The van der Waals surface area contributed by atoms with Crippen LogP contribution in [0.25, 0.3) is 76.5 Å². The van der Waals surface area contributed by atoms with Crippen LogP contribution in [0.15, 0.2) is 211 Å². The van der Waals surface area contributed by atoms with Crippen molar-refractivity contribution in [1.82, 2.24) is 0 Å². The van der Waals surface area contributed by atoms with E-state index in [1.54, 1.807) is 0 Å². The molecule has 2 nitrogen and oxygen atoms in total. The molecule has 1 aliphatic carbocycles. The molecule has 0 amide bonds. The van der Waals surface area contributed by atoms with Gasteiger partial charge in [0, 0.05) is 22.1 Å². The Kier molecular flexibility index (Phi) is 7.77. The summed E-state index contributed by atoms with van der Waals surface area (Å²) in [6, 6.07) is 75.4. The van der Waals surface area contributed by atoms with Gasteiger partial charge in [-0.25, -0.2) is 0 Å². The second-order valence-corrected chi connectivity index (χ2v) is 16.0. The first kappa shape index (κ1) is 33.7. The molecule has 0 atom stereocenters. The molecule has 59 heavy (non-hydrogen) atoms. The van der Waals surface area contributed by atoms with Crippen molar-refractivity contribution < 1.29 is 4.42 Å². The average molecular weight is 754 g/mol. The number of hydrogen-bond donors (Lipinski definition) is 0. The Hall–Kier alpha value is -7.42. The molecular weight excluding hydrogens is 715 g/mol. The molecular formula is C57H39NO. The molecule has 10 aromatic carbocycles. The lowest BCUT2D eigenvalue weighted by Gasteiger charge is -2.30. The van der Waals surface area contributed by atoms with Gasteiger partial charge in [0.2, 0.25) is 0 Å². The smallest absolute Gasteiger partial charge is 0.159 e. The van der Waals surface area contributed by atoms with E-state index in [4.69, 9.17) is 4.42 Å². The van der Waals surface area contributed by atoms with Gasteiger partial charge in [-0.15, -0.1) is 0 Å². The Labute approximate surface area is 343 Å². The first-order valence-electron chi connectivity index (χ1n) is 20.7. The van der Waals surface area contributed by atoms with Gasteiger partial charge in [0.25, 0.3) is 0 Å². The Morgan fingerprint density at radius 3 is 1.71 bits per heavy atom. The first-order chi connectivity index (χ1) is 29.2. The SMILES string of the molecule is c1ccc(-c2ccc(N(c3ccc(-c4cc5ccccc5c5ccccc45)cc3)c3c(C4Cc5ccccc5C4)ccc4c3oc3ccc5ccccc5c34)cc2)cc1. The minimum absolute atomic E-state index is 0.297. The first-order valence-corrected chi connectivity index (χ1v) is 20.7. The molecule has 0 bridgehead atoms. The van der Waals surface area contributed by atoms with Crippen LogP contribution in [0.3, 0.4) is 0 Å². The fraction of sp³-hybridized carbons (Fsp3) is 0.0526. The third-order valence-electron chi connectivity index (χ3n) is 12.7. The summed E-state index contributed by atoms with van der Waals surface area (Å²) in [4.78, 5) is 2.46. The summed E-state index contributed by atoms with van der Waals surface area (Å²) in [6.07, 6.45) is 1.99. The number of furan rings is 1. The molecule has 0 unspecified atom stereocenters. The summed E-state index contributed by atoms with van der Waals surface area (Å²) in [5, 5.41) is 9.78. The van der Waals surface area contributed by atoms with Gasteiger partial charge in [0.05, 0.1) is 5.69 Å². The number of hydrogen-bond acceptors (Lipinski definition) is 2. The van der Waals surface area contributed by atoms with Crippen molar-refractivity contribution in [2.24, 2.45) is 0 Å². The van der Waals surface area contributed by atoms with Crippen molar-refractivity contribution in [1.29, 1.82) is 0 Å². The fourth-order valence-corrected chi connectivity index (χ4v) is 9.87. The molecule has 12 rings (SSSR count). The van der Waals surface area contributed by atoms with Crippen molar-refractivity contribution in [3.05, 3.63) is 223 Å². The molecule has 0 radical (unpaired) electrons. The number of rotatable bonds is 6. The predicted molar refractivity (Wildman–Crippen MR) is 248 cm³/mol. The van der Waals surface area contributed by atoms with E-state index in [2.05, 4.69) is 211 Å². The van der Waals surface area contributed by atoms with Gasteiger partial charge >= 0.3 is 0 Å². The second kappa shape index (κ2) is 13.6. The van der Waals surface area contributed by atoms with Crippen LogP contribution in [0.1, 0.15) is 22.6 Å². The zero-order chi connectivity index (χ0) is 38.9. The van der Waals surface area contributed by atoms with E-state index in [1.165, 1.54) is 76.6 Å². The van der Waals surface area contributed by atoms with Crippen molar-refractivity contribution in [3.63, 3.8) is 0 Å². The van der Waals surface area contributed by atoms with Crippen molar-refractivity contribution >= 4 is 71.3 Å². The van der Waals surface area contributed by atoms with Crippen LogP contribution in [0.5, 0.6) is 0 Å². The van der Waals surface area contributed by atoms with Crippen molar-refractivity contribution in [3.8, 4) is 22.3 Å². The third kappa shape index (κ3) is 5.56. The summed E-state index contributed by atoms with van der Waals surface area (Å²) in [5.74, 6) is 0.297. The molecule has 0 fully saturated rings. The largest absolute Gasteiger partial charge is 0.454 e. The number of benzene rings is 10. The Bertz CT molecular complexity index is 3350. The van der Waals surface area contributed by atoms with E-state index in [1.807, 2.05) is 0 Å². The summed E-state index contributed by atoms with van der Waals surface area (Å²) in [5.41, 5.74) is 14.1. The molecule has 0 saturated heterocycles. The summed E-state index contributed by atoms with van der Waals surface area (Å²) < 4.78 is 7.13. The summed E-state index contributed by atoms with van der Waals surface area (Å²) in [7, 11) is 0. The van der Waals surface area contributed by atoms with Crippen LogP contribution in [0.2, 0.25) is 0 Å². The zero-order valence-corrected chi connectivity index (χ0v) is 32.5. The maximum absolute atomic E-state index is 7.13. The topological polar surface area (TPSA) is 16.4 Å². The molecule has 2 heteroatoms. The molecule has 1 aliphatic rings. The van der Waals surface area contributed by atoms with Gasteiger partial charge in [0.1, 0.15) is 5.58 Å². The highest BCUT2D eigenvalue weighted by atomic mass is 16.3. The highest BCUT2D eigenvalue weighted by Crippen LogP contribution is 2.50. The Balaban J connectivity index is 1.10. The van der Waals surface area contributed by atoms with Gasteiger partial charge < -0.3 is 9.32 Å². The van der Waals surface area contributed by atoms with Crippen LogP contribution >= 0.6 is 0 Å². The minimum Gasteiger partial charge on any atom is -0.454 e. The maximum Gasteiger partial charge on any atom is 0.159 e. The lowest BCUT2D eigenvalue weighted by molar-refractivity contribution is 0.665. The van der Waals surface area contributed by atoms with Crippen LogP contribution in [-0.2, 0) is 12.8 Å². The zero-order valence-electron chi connectivity index (χ0n) is 32.5. The van der Waals surface area contributed by atoms with Gasteiger partial charge in [-0.1, -0.05) is 170 Å². The van der Waals surface area contributed by atoms with E-state index in [-0.39, 0.29) is 0 Å². The lowest BCUT2D eigenvalue weighted by atomic mass is 9.91. The summed E-state index contributed by atoms with van der Waals surface area (Å²) >= 11 is 0. The Morgan fingerprint density at radius 2 is 0.983 bits per heavy atom. The van der Waals surface area contributed by atoms with Crippen molar-refractivity contribution in [2.75, 3.05) is 4.90 Å². The van der Waals surface area contributed by atoms with Crippen molar-refractivity contribution in [2.45, 2.75) is 18.8 Å². The number of anilines is 3. The monoisotopic (exact) mass is 753 g/mol. The normalized spacial score (nSPS) is 12.9.